The molecule has 3 aliphatic rings. The Kier molecular flexibility index (Phi) is 1.05. The molecule has 0 heterocycles. The smallest absolute Gasteiger partial charge is 0.0499 e. The molecular formula is C10H14O2. The Morgan fingerprint density at radius 3 is 2.00 bits per heavy atom. The average Bonchev–Trinajstić information content (AvgIpc) is 2.47. The molecule has 0 aromatic heterocycles. The highest BCUT2D eigenvalue weighted by Gasteiger charge is 2.77. The van der Waals surface area contributed by atoms with Gasteiger partial charge in [-0.2, -0.15) is 0 Å². The molecule has 0 spiro atoms. The molecular weight excluding hydrogens is 152 g/mol. The van der Waals surface area contributed by atoms with E-state index >= 15 is 0 Å². The molecule has 4 unspecified atom stereocenters. The minimum Gasteiger partial charge on any atom is -0.396 e. The van der Waals surface area contributed by atoms with Crippen LogP contribution in [-0.4, -0.2) is 23.4 Å². The van der Waals surface area contributed by atoms with Crippen LogP contribution in [0.25, 0.3) is 0 Å². The highest BCUT2D eigenvalue weighted by molar-refractivity contribution is 5.34. The zero-order valence-electron chi connectivity index (χ0n) is 7.03. The summed E-state index contributed by atoms with van der Waals surface area (Å²) in [6.45, 7) is 0.526. The van der Waals surface area contributed by atoms with E-state index in [0.29, 0.717) is 11.8 Å². The summed E-state index contributed by atoms with van der Waals surface area (Å²) in [5.74, 6) is 1.11. The van der Waals surface area contributed by atoms with Crippen LogP contribution < -0.4 is 0 Å². The van der Waals surface area contributed by atoms with Gasteiger partial charge in [-0.25, -0.2) is 0 Å². The Morgan fingerprint density at radius 2 is 1.58 bits per heavy atom. The first-order chi connectivity index (χ1) is 5.79. The molecule has 0 aromatic carbocycles. The molecule has 2 saturated carbocycles. The summed E-state index contributed by atoms with van der Waals surface area (Å²) in [5, 5.41) is 18.7. The maximum absolute atomic E-state index is 9.34. The Balaban J connectivity index is 2.04. The second-order valence-corrected chi connectivity index (χ2v) is 4.64. The molecule has 3 aliphatic carbocycles. The molecule has 12 heavy (non-hydrogen) atoms. The number of aliphatic hydroxyl groups excluding tert-OH is 2. The largest absolute Gasteiger partial charge is 0.396 e. The first kappa shape index (κ1) is 7.10. The van der Waals surface area contributed by atoms with Crippen molar-refractivity contribution in [3.8, 4) is 0 Å². The maximum atomic E-state index is 9.34. The van der Waals surface area contributed by atoms with Gasteiger partial charge in [-0.05, 0) is 24.7 Å². The second kappa shape index (κ2) is 1.78. The van der Waals surface area contributed by atoms with E-state index in [1.54, 1.807) is 0 Å². The molecule has 2 bridgehead atoms. The van der Waals surface area contributed by atoms with Crippen molar-refractivity contribution in [2.45, 2.75) is 12.8 Å². The predicted molar refractivity (Wildman–Crippen MR) is 44.4 cm³/mol. The van der Waals surface area contributed by atoms with Crippen LogP contribution in [0, 0.1) is 22.7 Å². The number of allylic oxidation sites excluding steroid dienone is 2. The highest BCUT2D eigenvalue weighted by atomic mass is 16.3. The number of rotatable bonds is 2. The number of hydrogen-bond acceptors (Lipinski definition) is 2. The number of hydrogen-bond donors (Lipinski definition) is 2. The normalized spacial score (nSPS) is 59.2. The highest BCUT2D eigenvalue weighted by Crippen LogP contribution is 2.80. The zero-order chi connectivity index (χ0) is 8.40. The van der Waals surface area contributed by atoms with Crippen molar-refractivity contribution in [3.05, 3.63) is 12.2 Å². The van der Waals surface area contributed by atoms with E-state index in [9.17, 15) is 10.2 Å². The topological polar surface area (TPSA) is 40.5 Å². The van der Waals surface area contributed by atoms with Crippen LogP contribution in [0.15, 0.2) is 12.2 Å². The predicted octanol–water partition coefficient (Wildman–Crippen LogP) is 0.553. The summed E-state index contributed by atoms with van der Waals surface area (Å²) in [6.07, 6.45) is 6.68. The molecule has 0 amide bonds. The molecule has 0 aromatic rings. The fourth-order valence-electron chi connectivity index (χ4n) is 3.70. The number of fused-ring (bicyclic) bond motifs is 5. The van der Waals surface area contributed by atoms with E-state index in [4.69, 9.17) is 0 Å². The van der Waals surface area contributed by atoms with Crippen molar-refractivity contribution in [2.75, 3.05) is 13.2 Å². The lowest BCUT2D eigenvalue weighted by Crippen LogP contribution is -2.25. The third-order valence-electron chi connectivity index (χ3n) is 4.56. The average molecular weight is 166 g/mol. The Bertz CT molecular complexity index is 237. The van der Waals surface area contributed by atoms with Crippen LogP contribution >= 0.6 is 0 Å². The third kappa shape index (κ3) is 0.461. The lowest BCUT2D eigenvalue weighted by molar-refractivity contribution is 0.112. The van der Waals surface area contributed by atoms with Crippen molar-refractivity contribution in [3.63, 3.8) is 0 Å². The first-order valence-corrected chi connectivity index (χ1v) is 4.69. The van der Waals surface area contributed by atoms with E-state index < -0.39 is 0 Å². The van der Waals surface area contributed by atoms with Gasteiger partial charge in [0, 0.05) is 24.0 Å². The van der Waals surface area contributed by atoms with E-state index in [-0.39, 0.29) is 24.0 Å². The molecule has 2 N–H and O–H groups in total. The van der Waals surface area contributed by atoms with Gasteiger partial charge in [0.05, 0.1) is 0 Å². The second-order valence-electron chi connectivity index (χ2n) is 4.64. The minimum absolute atomic E-state index is 0.0845. The van der Waals surface area contributed by atoms with E-state index in [1.165, 1.54) is 6.42 Å². The van der Waals surface area contributed by atoms with Crippen LogP contribution in [0.3, 0.4) is 0 Å². The lowest BCUT2D eigenvalue weighted by atomic mass is 9.84. The Morgan fingerprint density at radius 1 is 1.08 bits per heavy atom. The Labute approximate surface area is 71.9 Å². The molecule has 2 fully saturated rings. The monoisotopic (exact) mass is 166 g/mol. The van der Waals surface area contributed by atoms with E-state index in [2.05, 4.69) is 12.2 Å². The van der Waals surface area contributed by atoms with Crippen molar-refractivity contribution in [2.24, 2.45) is 22.7 Å². The van der Waals surface area contributed by atoms with Crippen LogP contribution in [0.1, 0.15) is 12.8 Å². The molecule has 0 saturated heterocycles. The zero-order valence-corrected chi connectivity index (χ0v) is 7.03. The third-order valence-corrected chi connectivity index (χ3v) is 4.56. The lowest BCUT2D eigenvalue weighted by Gasteiger charge is -2.23. The van der Waals surface area contributed by atoms with E-state index in [1.807, 2.05) is 0 Å². The molecule has 0 aliphatic heterocycles. The first-order valence-electron chi connectivity index (χ1n) is 4.69. The van der Waals surface area contributed by atoms with Gasteiger partial charge in [0.15, 0.2) is 0 Å². The van der Waals surface area contributed by atoms with Gasteiger partial charge in [-0.15, -0.1) is 0 Å². The molecule has 66 valence electrons. The number of aliphatic hydroxyl groups is 2. The van der Waals surface area contributed by atoms with Crippen molar-refractivity contribution < 1.29 is 10.2 Å². The van der Waals surface area contributed by atoms with Crippen molar-refractivity contribution >= 4 is 0 Å². The molecule has 3 rings (SSSR count). The molecule has 2 nitrogen and oxygen atoms in total. The summed E-state index contributed by atoms with van der Waals surface area (Å²) in [5.41, 5.74) is 0.169. The Hall–Kier alpha value is -0.340. The molecule has 0 radical (unpaired) electrons. The van der Waals surface area contributed by atoms with Crippen LogP contribution in [0.2, 0.25) is 0 Å². The van der Waals surface area contributed by atoms with Crippen molar-refractivity contribution in [1.82, 2.24) is 0 Å². The summed E-state index contributed by atoms with van der Waals surface area (Å²) in [7, 11) is 0. The summed E-state index contributed by atoms with van der Waals surface area (Å²) in [6, 6.07) is 0. The fraction of sp³-hybridized carbons (Fsp3) is 0.800. The standard InChI is InChI=1S/C10H14O2/c11-5-9-4-10(9,6-12)8-2-1-7(9)3-8/h1-2,7-8,11-12H,3-6H2. The SMILES string of the molecule is OCC12CC1(CO)C1C=CC2C1. The quantitative estimate of drug-likeness (QED) is 0.588. The van der Waals surface area contributed by atoms with Crippen LogP contribution in [-0.2, 0) is 0 Å². The fourth-order valence-corrected chi connectivity index (χ4v) is 3.70. The van der Waals surface area contributed by atoms with Gasteiger partial charge < -0.3 is 10.2 Å². The van der Waals surface area contributed by atoms with Crippen molar-refractivity contribution in [1.29, 1.82) is 0 Å². The van der Waals surface area contributed by atoms with Gasteiger partial charge >= 0.3 is 0 Å². The maximum Gasteiger partial charge on any atom is 0.0499 e. The van der Waals surface area contributed by atoms with E-state index in [0.717, 1.165) is 6.42 Å². The summed E-state index contributed by atoms with van der Waals surface area (Å²) >= 11 is 0. The van der Waals surface area contributed by atoms with Gasteiger partial charge in [0.1, 0.15) is 0 Å². The van der Waals surface area contributed by atoms with Gasteiger partial charge in [0.2, 0.25) is 0 Å². The molecule has 2 heteroatoms. The van der Waals surface area contributed by atoms with Gasteiger partial charge in [-0.1, -0.05) is 12.2 Å². The van der Waals surface area contributed by atoms with Crippen LogP contribution in [0.5, 0.6) is 0 Å². The molecule has 4 atom stereocenters. The minimum atomic E-state index is 0.0845. The summed E-state index contributed by atoms with van der Waals surface area (Å²) in [4.78, 5) is 0. The van der Waals surface area contributed by atoms with Gasteiger partial charge in [0.25, 0.3) is 0 Å². The summed E-state index contributed by atoms with van der Waals surface area (Å²) < 4.78 is 0. The van der Waals surface area contributed by atoms with Crippen LogP contribution in [0.4, 0.5) is 0 Å². The van der Waals surface area contributed by atoms with Gasteiger partial charge in [-0.3, -0.25) is 0 Å².